The van der Waals surface area contributed by atoms with Crippen molar-refractivity contribution in [2.45, 2.75) is 45.1 Å². The number of rotatable bonds is 8. The van der Waals surface area contributed by atoms with Gasteiger partial charge in [0.2, 0.25) is 9.04 Å². The summed E-state index contributed by atoms with van der Waals surface area (Å²) in [5.41, 5.74) is 0.365. The van der Waals surface area contributed by atoms with E-state index < -0.39 is 9.04 Å². The molecule has 14 heavy (non-hydrogen) atoms. The molecule has 1 heterocycles. The van der Waals surface area contributed by atoms with Crippen molar-refractivity contribution < 1.29 is 13.9 Å². The van der Waals surface area contributed by atoms with E-state index in [1.165, 1.54) is 0 Å². The quantitative estimate of drug-likeness (QED) is 0.457. The molecule has 0 amide bonds. The van der Waals surface area contributed by atoms with Crippen molar-refractivity contribution in [3.63, 3.8) is 0 Å². The molecule has 0 aromatic carbocycles. The maximum atomic E-state index is 5.83. The van der Waals surface area contributed by atoms with E-state index >= 15 is 0 Å². The van der Waals surface area contributed by atoms with Crippen LogP contribution in [0.5, 0.6) is 0 Å². The van der Waals surface area contributed by atoms with Gasteiger partial charge in [-0.3, -0.25) is 0 Å². The maximum absolute atomic E-state index is 5.83. The molecule has 84 valence electrons. The molecule has 1 fully saturated rings. The topological polar surface area (TPSA) is 31.0 Å². The Hall–Kier alpha value is 0.0969. The van der Waals surface area contributed by atoms with Gasteiger partial charge in [-0.05, 0) is 26.3 Å². The molecule has 4 heteroatoms. The molecule has 1 saturated heterocycles. The molecule has 3 nitrogen and oxygen atoms in total. The van der Waals surface area contributed by atoms with Crippen LogP contribution in [0, 0.1) is 0 Å². The third kappa shape index (κ3) is 4.08. The lowest BCUT2D eigenvalue weighted by molar-refractivity contribution is 0.0948. The number of epoxide rings is 1. The minimum atomic E-state index is -1.21. The highest BCUT2D eigenvalue weighted by Crippen LogP contribution is 2.20. The lowest BCUT2D eigenvalue weighted by atomic mass is 10.5. The molecule has 0 radical (unpaired) electrons. The standard InChI is InChI=1S/C10H22O3Si/c1-4-10(11-5-2)14(13-6-3)8-9-7-12-9/h9-10,14H,4-8H2,1-3H3. The average Bonchev–Trinajstić information content (AvgIpc) is 2.97. The van der Waals surface area contributed by atoms with Gasteiger partial charge in [-0.2, -0.15) is 0 Å². The molecule has 0 bridgehead atoms. The Morgan fingerprint density at radius 2 is 2.07 bits per heavy atom. The molecule has 1 rings (SSSR count). The average molecular weight is 218 g/mol. The molecule has 1 aliphatic rings. The van der Waals surface area contributed by atoms with Crippen molar-refractivity contribution in [2.75, 3.05) is 19.8 Å². The molecule has 0 spiro atoms. The van der Waals surface area contributed by atoms with Gasteiger partial charge in [-0.1, -0.05) is 6.92 Å². The molecule has 3 unspecified atom stereocenters. The largest absolute Gasteiger partial charge is 0.418 e. The van der Waals surface area contributed by atoms with Crippen LogP contribution >= 0.6 is 0 Å². The summed E-state index contributed by atoms with van der Waals surface area (Å²) in [4.78, 5) is 0. The predicted molar refractivity (Wildman–Crippen MR) is 59.0 cm³/mol. The van der Waals surface area contributed by atoms with E-state index in [9.17, 15) is 0 Å². The van der Waals surface area contributed by atoms with Gasteiger partial charge in [-0.25, -0.2) is 0 Å². The SMILES string of the molecule is CCOC(CC)[SiH](CC1CO1)OCC. The third-order valence-corrected chi connectivity index (χ3v) is 5.72. The van der Waals surface area contributed by atoms with Crippen LogP contribution in [0.25, 0.3) is 0 Å². The number of hydrogen-bond acceptors (Lipinski definition) is 3. The van der Waals surface area contributed by atoms with E-state index in [1.54, 1.807) is 0 Å². The molecular weight excluding hydrogens is 196 g/mol. The zero-order valence-electron chi connectivity index (χ0n) is 9.49. The molecule has 0 aliphatic carbocycles. The summed E-state index contributed by atoms with van der Waals surface area (Å²) in [6.07, 6.45) is 1.55. The van der Waals surface area contributed by atoms with Gasteiger partial charge in [-0.15, -0.1) is 0 Å². The van der Waals surface area contributed by atoms with Crippen LogP contribution in [0.1, 0.15) is 27.2 Å². The summed E-state index contributed by atoms with van der Waals surface area (Å²) in [6, 6.07) is 1.12. The zero-order chi connectivity index (χ0) is 10.4. The third-order valence-electron chi connectivity index (χ3n) is 2.48. The fraction of sp³-hybridized carbons (Fsp3) is 1.00. The van der Waals surface area contributed by atoms with Crippen molar-refractivity contribution in [1.82, 2.24) is 0 Å². The predicted octanol–water partition coefficient (Wildman–Crippen LogP) is 1.50. The van der Waals surface area contributed by atoms with E-state index in [0.29, 0.717) is 11.8 Å². The molecule has 0 aromatic rings. The van der Waals surface area contributed by atoms with Crippen molar-refractivity contribution in [1.29, 1.82) is 0 Å². The van der Waals surface area contributed by atoms with Crippen molar-refractivity contribution in [2.24, 2.45) is 0 Å². The molecular formula is C10H22O3Si. The zero-order valence-corrected chi connectivity index (χ0v) is 10.6. The highest BCUT2D eigenvalue weighted by Gasteiger charge is 2.32. The first-order valence-corrected chi connectivity index (χ1v) is 7.62. The molecule has 1 aliphatic heterocycles. The Morgan fingerprint density at radius 3 is 2.50 bits per heavy atom. The van der Waals surface area contributed by atoms with Gasteiger partial charge < -0.3 is 13.9 Å². The molecule has 0 N–H and O–H groups in total. The van der Waals surface area contributed by atoms with Crippen LogP contribution in [0.15, 0.2) is 0 Å². The van der Waals surface area contributed by atoms with Crippen molar-refractivity contribution in [3.05, 3.63) is 0 Å². The summed E-state index contributed by atoms with van der Waals surface area (Å²) in [5, 5.41) is 0. The second-order valence-corrected chi connectivity index (χ2v) is 6.21. The summed E-state index contributed by atoms with van der Waals surface area (Å²) in [6.45, 7) is 8.82. The summed E-state index contributed by atoms with van der Waals surface area (Å²) >= 11 is 0. The van der Waals surface area contributed by atoms with Gasteiger partial charge in [0.05, 0.1) is 18.4 Å². The first-order chi connectivity index (χ1) is 6.81. The second-order valence-electron chi connectivity index (χ2n) is 3.59. The van der Waals surface area contributed by atoms with E-state index in [1.807, 2.05) is 6.92 Å². The van der Waals surface area contributed by atoms with Gasteiger partial charge in [0, 0.05) is 13.2 Å². The summed E-state index contributed by atoms with van der Waals surface area (Å²) in [5.74, 6) is 0. The molecule has 0 saturated carbocycles. The smallest absolute Gasteiger partial charge is 0.207 e. The monoisotopic (exact) mass is 218 g/mol. The second kappa shape index (κ2) is 6.56. The summed E-state index contributed by atoms with van der Waals surface area (Å²) < 4.78 is 16.8. The minimum absolute atomic E-state index is 0.365. The Labute approximate surface area is 88.5 Å². The summed E-state index contributed by atoms with van der Waals surface area (Å²) in [7, 11) is -1.21. The Morgan fingerprint density at radius 1 is 1.36 bits per heavy atom. The van der Waals surface area contributed by atoms with Crippen LogP contribution in [0.2, 0.25) is 6.04 Å². The fourth-order valence-corrected chi connectivity index (χ4v) is 4.51. The van der Waals surface area contributed by atoms with Gasteiger partial charge in [0.1, 0.15) is 0 Å². The first kappa shape index (κ1) is 12.2. The Balaban J connectivity index is 2.34. The normalized spacial score (nSPS) is 24.6. The van der Waals surface area contributed by atoms with Crippen molar-refractivity contribution >= 4 is 9.04 Å². The highest BCUT2D eigenvalue weighted by atomic mass is 28.3. The van der Waals surface area contributed by atoms with E-state index in [4.69, 9.17) is 13.9 Å². The first-order valence-electron chi connectivity index (χ1n) is 5.66. The van der Waals surface area contributed by atoms with Crippen LogP contribution in [0.3, 0.4) is 0 Å². The fourth-order valence-electron chi connectivity index (χ4n) is 1.71. The van der Waals surface area contributed by atoms with Gasteiger partial charge in [0.15, 0.2) is 0 Å². The Bertz CT molecular complexity index is 150. The van der Waals surface area contributed by atoms with E-state index in [2.05, 4.69) is 13.8 Å². The number of ether oxygens (including phenoxy) is 2. The Kier molecular flexibility index (Phi) is 5.70. The number of hydrogen-bond donors (Lipinski definition) is 0. The lowest BCUT2D eigenvalue weighted by Gasteiger charge is -2.23. The minimum Gasteiger partial charge on any atom is -0.418 e. The highest BCUT2D eigenvalue weighted by molar-refractivity contribution is 6.53. The molecule has 0 aromatic heterocycles. The van der Waals surface area contributed by atoms with Crippen molar-refractivity contribution in [3.8, 4) is 0 Å². The lowest BCUT2D eigenvalue weighted by Crippen LogP contribution is -2.37. The van der Waals surface area contributed by atoms with Crippen LogP contribution < -0.4 is 0 Å². The van der Waals surface area contributed by atoms with E-state index in [-0.39, 0.29) is 0 Å². The van der Waals surface area contributed by atoms with Gasteiger partial charge in [0.25, 0.3) is 0 Å². The van der Waals surface area contributed by atoms with Crippen LogP contribution in [0.4, 0.5) is 0 Å². The molecule has 3 atom stereocenters. The van der Waals surface area contributed by atoms with Gasteiger partial charge >= 0.3 is 0 Å². The van der Waals surface area contributed by atoms with E-state index in [0.717, 1.165) is 32.3 Å². The van der Waals surface area contributed by atoms with Crippen LogP contribution in [-0.4, -0.2) is 40.7 Å². The van der Waals surface area contributed by atoms with Crippen LogP contribution in [-0.2, 0) is 13.9 Å². The maximum Gasteiger partial charge on any atom is 0.207 e.